The molecule has 1 saturated heterocycles. The summed E-state index contributed by atoms with van der Waals surface area (Å²) < 4.78 is 1.55. The van der Waals surface area contributed by atoms with Gasteiger partial charge < -0.3 is 10.0 Å². The van der Waals surface area contributed by atoms with Gasteiger partial charge in [0.1, 0.15) is 5.82 Å². The number of rotatable bonds is 4. The van der Waals surface area contributed by atoms with E-state index in [4.69, 9.17) is 0 Å². The molecule has 0 saturated carbocycles. The molecule has 1 aliphatic rings. The van der Waals surface area contributed by atoms with Crippen LogP contribution in [0.25, 0.3) is 5.69 Å². The van der Waals surface area contributed by atoms with Gasteiger partial charge in [-0.05, 0) is 43.4 Å². The van der Waals surface area contributed by atoms with Crippen LogP contribution in [0.2, 0.25) is 0 Å². The van der Waals surface area contributed by atoms with Crippen molar-refractivity contribution in [3.8, 4) is 11.4 Å². The summed E-state index contributed by atoms with van der Waals surface area (Å²) in [5.74, 6) is 1.65. The zero-order chi connectivity index (χ0) is 20.5. The molecule has 0 spiro atoms. The fourth-order valence-electron chi connectivity index (χ4n) is 3.73. The topological polar surface area (TPSA) is 99.9 Å². The number of amides is 1. The van der Waals surface area contributed by atoms with Crippen molar-refractivity contribution in [3.63, 3.8) is 0 Å². The highest BCUT2D eigenvalue weighted by Crippen LogP contribution is 2.27. The lowest BCUT2D eigenvalue weighted by molar-refractivity contribution is 0.0695. The molecule has 1 atom stereocenters. The van der Waals surface area contributed by atoms with Gasteiger partial charge in [-0.3, -0.25) is 9.89 Å². The lowest BCUT2D eigenvalue weighted by Gasteiger charge is -2.30. The number of hydrogen-bond donors (Lipinski definition) is 2. The van der Waals surface area contributed by atoms with E-state index in [1.165, 1.54) is 11.8 Å². The molecular weight excluding hydrogens is 368 g/mol. The third-order valence-corrected chi connectivity index (χ3v) is 5.41. The number of nitrogens with zero attached hydrogens (tertiary/aromatic N) is 5. The maximum absolute atomic E-state index is 13.0. The van der Waals surface area contributed by atoms with E-state index in [0.29, 0.717) is 19.0 Å². The zero-order valence-electron chi connectivity index (χ0n) is 17.0. The number of benzene rings is 1. The second-order valence-electron chi connectivity index (χ2n) is 7.92. The van der Waals surface area contributed by atoms with E-state index in [2.05, 4.69) is 34.1 Å². The summed E-state index contributed by atoms with van der Waals surface area (Å²) in [5.41, 5.74) is 2.10. The molecule has 8 nitrogen and oxygen atoms in total. The van der Waals surface area contributed by atoms with Crippen molar-refractivity contribution in [1.82, 2.24) is 29.9 Å². The zero-order valence-corrected chi connectivity index (χ0v) is 17.0. The van der Waals surface area contributed by atoms with E-state index >= 15 is 0 Å². The van der Waals surface area contributed by atoms with Crippen molar-refractivity contribution in [2.24, 2.45) is 0 Å². The molecule has 1 amide bonds. The standard InChI is InChI=1S/C21H26N6O2/c1-13(2)15-6-8-17(9-7-15)27-12-18(28)19(25-27)21(29)26-10-4-5-16(11-26)20-22-14(3)23-24-20/h6-9,12-13,16,28H,4-5,10-11H2,1-3H3,(H,22,23,24)/t16-/m0/s1. The number of nitrogens with one attached hydrogen (secondary N) is 1. The molecule has 4 rings (SSSR count). The Kier molecular flexibility index (Phi) is 5.08. The second-order valence-corrected chi connectivity index (χ2v) is 7.92. The van der Waals surface area contributed by atoms with Crippen LogP contribution in [0.1, 0.15) is 66.2 Å². The van der Waals surface area contributed by atoms with Crippen LogP contribution in [-0.2, 0) is 0 Å². The predicted molar refractivity (Wildman–Crippen MR) is 108 cm³/mol. The number of likely N-dealkylation sites (tertiary alicyclic amines) is 1. The van der Waals surface area contributed by atoms with Gasteiger partial charge in [0.2, 0.25) is 0 Å². The number of carbonyl (C=O) groups excluding carboxylic acids is 1. The van der Waals surface area contributed by atoms with Crippen LogP contribution in [0, 0.1) is 6.92 Å². The molecule has 0 bridgehead atoms. The fraction of sp³-hybridized carbons (Fsp3) is 0.429. The number of H-pyrrole nitrogens is 1. The normalized spacial score (nSPS) is 17.1. The Balaban J connectivity index is 1.53. The van der Waals surface area contributed by atoms with E-state index in [1.807, 2.05) is 31.2 Å². The Labute approximate surface area is 169 Å². The molecule has 0 aliphatic carbocycles. The molecule has 3 heterocycles. The molecule has 2 N–H and O–H groups in total. The molecule has 152 valence electrons. The highest BCUT2D eigenvalue weighted by molar-refractivity contribution is 5.95. The molecule has 8 heteroatoms. The van der Waals surface area contributed by atoms with Crippen LogP contribution in [0.15, 0.2) is 30.5 Å². The summed E-state index contributed by atoms with van der Waals surface area (Å²) >= 11 is 0. The smallest absolute Gasteiger partial charge is 0.278 e. The molecule has 1 fully saturated rings. The SMILES string of the molecule is Cc1nc([C@H]2CCCN(C(=O)c3nn(-c4ccc(C(C)C)cc4)cc3O)C2)n[nH]1. The molecule has 1 aromatic carbocycles. The van der Waals surface area contributed by atoms with Crippen molar-refractivity contribution >= 4 is 5.91 Å². The van der Waals surface area contributed by atoms with Gasteiger partial charge in [-0.25, -0.2) is 9.67 Å². The van der Waals surface area contributed by atoms with Gasteiger partial charge in [0.25, 0.3) is 5.91 Å². The average molecular weight is 394 g/mol. The first-order valence-corrected chi connectivity index (χ1v) is 9.99. The van der Waals surface area contributed by atoms with E-state index in [9.17, 15) is 9.90 Å². The van der Waals surface area contributed by atoms with Crippen LogP contribution in [-0.4, -0.2) is 54.0 Å². The lowest BCUT2D eigenvalue weighted by atomic mass is 9.97. The van der Waals surface area contributed by atoms with Gasteiger partial charge in [-0.2, -0.15) is 10.2 Å². The van der Waals surface area contributed by atoms with E-state index in [0.717, 1.165) is 30.2 Å². The van der Waals surface area contributed by atoms with E-state index < -0.39 is 0 Å². The molecule has 0 radical (unpaired) electrons. The molecule has 1 aliphatic heterocycles. The van der Waals surface area contributed by atoms with Crippen molar-refractivity contribution < 1.29 is 9.90 Å². The van der Waals surface area contributed by atoms with Crippen LogP contribution in [0.3, 0.4) is 0 Å². The number of aromatic hydroxyl groups is 1. The van der Waals surface area contributed by atoms with Crippen LogP contribution in [0.4, 0.5) is 0 Å². The Morgan fingerprint density at radius 1 is 1.28 bits per heavy atom. The van der Waals surface area contributed by atoms with Crippen molar-refractivity contribution in [2.45, 2.75) is 45.4 Å². The maximum atomic E-state index is 13.0. The van der Waals surface area contributed by atoms with Crippen LogP contribution >= 0.6 is 0 Å². The van der Waals surface area contributed by atoms with Gasteiger partial charge in [-0.15, -0.1) is 0 Å². The van der Waals surface area contributed by atoms with Gasteiger partial charge in [0, 0.05) is 19.0 Å². The Morgan fingerprint density at radius 3 is 2.69 bits per heavy atom. The minimum Gasteiger partial charge on any atom is -0.504 e. The monoisotopic (exact) mass is 394 g/mol. The summed E-state index contributed by atoms with van der Waals surface area (Å²) in [7, 11) is 0. The van der Waals surface area contributed by atoms with Gasteiger partial charge in [-0.1, -0.05) is 26.0 Å². The number of piperidine rings is 1. The Bertz CT molecular complexity index is 1000. The van der Waals surface area contributed by atoms with E-state index in [-0.39, 0.29) is 23.3 Å². The molecule has 0 unspecified atom stereocenters. The number of carbonyl (C=O) groups is 1. The maximum Gasteiger partial charge on any atom is 0.278 e. The first-order chi connectivity index (χ1) is 13.9. The third-order valence-electron chi connectivity index (χ3n) is 5.41. The predicted octanol–water partition coefficient (Wildman–Crippen LogP) is 3.15. The summed E-state index contributed by atoms with van der Waals surface area (Å²) in [5, 5.41) is 21.8. The largest absolute Gasteiger partial charge is 0.504 e. The lowest BCUT2D eigenvalue weighted by Crippen LogP contribution is -2.39. The van der Waals surface area contributed by atoms with Gasteiger partial charge in [0.15, 0.2) is 17.3 Å². The fourth-order valence-corrected chi connectivity index (χ4v) is 3.73. The molecule has 3 aromatic rings. The number of hydrogen-bond acceptors (Lipinski definition) is 5. The molecular formula is C21H26N6O2. The first-order valence-electron chi connectivity index (χ1n) is 9.99. The molecule has 29 heavy (non-hydrogen) atoms. The van der Waals surface area contributed by atoms with Crippen LogP contribution < -0.4 is 0 Å². The van der Waals surface area contributed by atoms with E-state index in [1.54, 1.807) is 9.58 Å². The Hall–Kier alpha value is -3.16. The highest BCUT2D eigenvalue weighted by atomic mass is 16.3. The van der Waals surface area contributed by atoms with Gasteiger partial charge >= 0.3 is 0 Å². The Morgan fingerprint density at radius 2 is 2.03 bits per heavy atom. The minimum atomic E-state index is -0.267. The van der Waals surface area contributed by atoms with Gasteiger partial charge in [0.05, 0.1) is 11.9 Å². The summed E-state index contributed by atoms with van der Waals surface area (Å²) in [6.07, 6.45) is 3.28. The average Bonchev–Trinajstić information content (AvgIpc) is 3.33. The van der Waals surface area contributed by atoms with Crippen LogP contribution in [0.5, 0.6) is 5.75 Å². The second kappa shape index (κ2) is 7.69. The quantitative estimate of drug-likeness (QED) is 0.708. The highest BCUT2D eigenvalue weighted by Gasteiger charge is 2.30. The minimum absolute atomic E-state index is 0.0738. The van der Waals surface area contributed by atoms with Crippen molar-refractivity contribution in [1.29, 1.82) is 0 Å². The first kappa shape index (κ1) is 19.2. The number of aromatic nitrogens is 5. The van der Waals surface area contributed by atoms with Crippen molar-refractivity contribution in [3.05, 3.63) is 53.4 Å². The number of aryl methyl sites for hydroxylation is 1. The molecule has 2 aromatic heterocycles. The summed E-state index contributed by atoms with van der Waals surface area (Å²) in [4.78, 5) is 19.2. The van der Waals surface area contributed by atoms with Crippen molar-refractivity contribution in [2.75, 3.05) is 13.1 Å². The number of aromatic amines is 1. The summed E-state index contributed by atoms with van der Waals surface area (Å²) in [6.45, 7) is 7.29. The third kappa shape index (κ3) is 3.87. The summed E-state index contributed by atoms with van der Waals surface area (Å²) in [6, 6.07) is 7.96.